The van der Waals surface area contributed by atoms with Crippen LogP contribution in [0.3, 0.4) is 0 Å². The Morgan fingerprint density at radius 2 is 1.91 bits per heavy atom. The standard InChI is InChI=1S/C23H30N2O6S2/c1-5-12-30-21(27)10-11-25-22(28)19(33-23(25)32)14-16-8-9-17(18(13-16)29-4)31-15-20(26)24(6-2)7-3/h8-9,13-14H,5-7,10-12,15H2,1-4H3/b19-14+. The highest BCUT2D eigenvalue weighted by atomic mass is 32.2. The van der Waals surface area contributed by atoms with Crippen LogP contribution in [0.15, 0.2) is 23.1 Å². The van der Waals surface area contributed by atoms with Crippen molar-refractivity contribution in [3.63, 3.8) is 0 Å². The van der Waals surface area contributed by atoms with E-state index in [2.05, 4.69) is 0 Å². The maximum atomic E-state index is 12.8. The molecule has 2 rings (SSSR count). The first-order chi connectivity index (χ1) is 15.8. The molecule has 0 aliphatic carbocycles. The van der Waals surface area contributed by atoms with E-state index < -0.39 is 0 Å². The Hall–Kier alpha value is -2.59. The molecule has 1 aliphatic heterocycles. The summed E-state index contributed by atoms with van der Waals surface area (Å²) >= 11 is 6.49. The molecule has 0 N–H and O–H groups in total. The van der Waals surface area contributed by atoms with Crippen molar-refractivity contribution in [1.29, 1.82) is 0 Å². The number of nitrogens with zero attached hydrogens (tertiary/aromatic N) is 2. The Morgan fingerprint density at radius 3 is 2.55 bits per heavy atom. The number of hydrogen-bond donors (Lipinski definition) is 0. The van der Waals surface area contributed by atoms with Crippen molar-refractivity contribution in [2.75, 3.05) is 40.0 Å². The van der Waals surface area contributed by atoms with Crippen molar-refractivity contribution >= 4 is 52.2 Å². The van der Waals surface area contributed by atoms with Crippen molar-refractivity contribution in [3.05, 3.63) is 28.7 Å². The van der Waals surface area contributed by atoms with Crippen LogP contribution in [0.1, 0.15) is 39.2 Å². The van der Waals surface area contributed by atoms with Crippen molar-refractivity contribution < 1.29 is 28.6 Å². The number of likely N-dealkylation sites (N-methyl/N-ethyl adjacent to an activating group) is 1. The highest BCUT2D eigenvalue weighted by Gasteiger charge is 2.32. The quantitative estimate of drug-likeness (QED) is 0.248. The number of esters is 1. The minimum Gasteiger partial charge on any atom is -0.493 e. The summed E-state index contributed by atoms with van der Waals surface area (Å²) in [5, 5.41) is 0. The Bertz CT molecular complexity index is 914. The van der Waals surface area contributed by atoms with Crippen LogP contribution in [0, 0.1) is 0 Å². The van der Waals surface area contributed by atoms with Gasteiger partial charge in [0, 0.05) is 19.6 Å². The minimum atomic E-state index is -0.352. The summed E-state index contributed by atoms with van der Waals surface area (Å²) in [7, 11) is 1.51. The first kappa shape index (κ1) is 26.7. The number of hydrogen-bond acceptors (Lipinski definition) is 8. The zero-order valence-corrected chi connectivity index (χ0v) is 21.1. The Labute approximate surface area is 204 Å². The van der Waals surface area contributed by atoms with Gasteiger partial charge in [0.05, 0.1) is 25.0 Å². The van der Waals surface area contributed by atoms with Crippen LogP contribution < -0.4 is 9.47 Å². The number of methoxy groups -OCH3 is 1. The van der Waals surface area contributed by atoms with Gasteiger partial charge in [0.15, 0.2) is 18.1 Å². The number of ether oxygens (including phenoxy) is 3. The molecule has 1 saturated heterocycles. The topological polar surface area (TPSA) is 85.4 Å². The van der Waals surface area contributed by atoms with E-state index >= 15 is 0 Å². The van der Waals surface area contributed by atoms with Gasteiger partial charge in [-0.25, -0.2) is 0 Å². The van der Waals surface area contributed by atoms with E-state index in [1.54, 1.807) is 29.2 Å². The maximum absolute atomic E-state index is 12.8. The monoisotopic (exact) mass is 494 g/mol. The second-order valence-electron chi connectivity index (χ2n) is 7.07. The minimum absolute atomic E-state index is 0.0866. The number of carbonyl (C=O) groups is 3. The fourth-order valence-corrected chi connectivity index (χ4v) is 4.34. The van der Waals surface area contributed by atoms with Gasteiger partial charge >= 0.3 is 5.97 Å². The molecule has 0 spiro atoms. The van der Waals surface area contributed by atoms with Gasteiger partial charge in [-0.1, -0.05) is 37.0 Å². The fraction of sp³-hybridized carbons (Fsp3) is 0.478. The summed E-state index contributed by atoms with van der Waals surface area (Å²) in [6, 6.07) is 5.20. The lowest BCUT2D eigenvalue weighted by Crippen LogP contribution is -2.34. The molecule has 0 radical (unpaired) electrons. The van der Waals surface area contributed by atoms with Gasteiger partial charge in [-0.05, 0) is 44.0 Å². The number of rotatable bonds is 12. The second kappa shape index (κ2) is 13.2. The smallest absolute Gasteiger partial charge is 0.307 e. The molecule has 8 nitrogen and oxygen atoms in total. The van der Waals surface area contributed by atoms with Gasteiger partial charge in [-0.15, -0.1) is 0 Å². The molecule has 0 aromatic heterocycles. The van der Waals surface area contributed by atoms with Gasteiger partial charge in [0.1, 0.15) is 4.32 Å². The average Bonchev–Trinajstić information content (AvgIpc) is 3.07. The molecule has 10 heteroatoms. The van der Waals surface area contributed by atoms with E-state index in [0.717, 1.165) is 12.0 Å². The first-order valence-corrected chi connectivity index (χ1v) is 12.1. The zero-order valence-electron chi connectivity index (χ0n) is 19.4. The molecule has 1 aliphatic rings. The SMILES string of the molecule is CCCOC(=O)CCN1C(=O)/C(=C\c2ccc(OCC(=O)N(CC)CC)c(OC)c2)SC1=S. The lowest BCUT2D eigenvalue weighted by molar-refractivity contribution is -0.144. The number of carbonyl (C=O) groups excluding carboxylic acids is 3. The van der Waals surface area contributed by atoms with Gasteiger partial charge in [0.25, 0.3) is 11.8 Å². The lowest BCUT2D eigenvalue weighted by Gasteiger charge is -2.19. The fourth-order valence-electron chi connectivity index (χ4n) is 3.04. The molecule has 180 valence electrons. The van der Waals surface area contributed by atoms with Gasteiger partial charge in [0.2, 0.25) is 0 Å². The normalized spacial score (nSPS) is 14.5. The number of thioether (sulfide) groups is 1. The van der Waals surface area contributed by atoms with Crippen molar-refractivity contribution in [2.24, 2.45) is 0 Å². The van der Waals surface area contributed by atoms with E-state index in [-0.39, 0.29) is 37.4 Å². The predicted molar refractivity (Wildman–Crippen MR) is 132 cm³/mol. The van der Waals surface area contributed by atoms with Crippen LogP contribution in [-0.4, -0.2) is 71.9 Å². The average molecular weight is 495 g/mol. The van der Waals surface area contributed by atoms with Gasteiger partial charge < -0.3 is 19.1 Å². The van der Waals surface area contributed by atoms with Gasteiger partial charge in [-0.2, -0.15) is 0 Å². The highest BCUT2D eigenvalue weighted by Crippen LogP contribution is 2.34. The van der Waals surface area contributed by atoms with E-state index in [1.165, 1.54) is 23.8 Å². The lowest BCUT2D eigenvalue weighted by atomic mass is 10.2. The number of amides is 2. The number of benzene rings is 1. The molecule has 33 heavy (non-hydrogen) atoms. The highest BCUT2D eigenvalue weighted by molar-refractivity contribution is 8.26. The molecule has 0 atom stereocenters. The van der Waals surface area contributed by atoms with Crippen molar-refractivity contribution in [3.8, 4) is 11.5 Å². The maximum Gasteiger partial charge on any atom is 0.307 e. The van der Waals surface area contributed by atoms with Crippen LogP contribution in [-0.2, 0) is 19.1 Å². The Balaban J connectivity index is 2.06. The third kappa shape index (κ3) is 7.46. The molecular formula is C23H30N2O6S2. The predicted octanol–water partition coefficient (Wildman–Crippen LogP) is 3.49. The van der Waals surface area contributed by atoms with Crippen LogP contribution >= 0.6 is 24.0 Å². The first-order valence-electron chi connectivity index (χ1n) is 10.8. The number of thiocarbonyl (C=S) groups is 1. The molecule has 1 aromatic rings. The van der Waals surface area contributed by atoms with Crippen molar-refractivity contribution in [1.82, 2.24) is 9.80 Å². The molecular weight excluding hydrogens is 464 g/mol. The Morgan fingerprint density at radius 1 is 1.18 bits per heavy atom. The van der Waals surface area contributed by atoms with Crippen LogP contribution in [0.25, 0.3) is 6.08 Å². The van der Waals surface area contributed by atoms with E-state index in [9.17, 15) is 14.4 Å². The van der Waals surface area contributed by atoms with Crippen LogP contribution in [0.5, 0.6) is 11.5 Å². The van der Waals surface area contributed by atoms with Crippen LogP contribution in [0.2, 0.25) is 0 Å². The van der Waals surface area contributed by atoms with E-state index in [1.807, 2.05) is 20.8 Å². The molecule has 1 heterocycles. The third-order valence-electron chi connectivity index (χ3n) is 4.83. The van der Waals surface area contributed by atoms with Gasteiger partial charge in [-0.3, -0.25) is 19.3 Å². The third-order valence-corrected chi connectivity index (χ3v) is 6.21. The zero-order chi connectivity index (χ0) is 24.4. The molecule has 1 fully saturated rings. The van der Waals surface area contributed by atoms with Crippen LogP contribution in [0.4, 0.5) is 0 Å². The van der Waals surface area contributed by atoms with E-state index in [0.29, 0.717) is 40.4 Å². The molecule has 2 amide bonds. The molecule has 0 bridgehead atoms. The molecule has 1 aromatic carbocycles. The summed E-state index contributed by atoms with van der Waals surface area (Å²) in [4.78, 5) is 40.2. The second-order valence-corrected chi connectivity index (χ2v) is 8.74. The Kier molecular flexibility index (Phi) is 10.7. The summed E-state index contributed by atoms with van der Waals surface area (Å²) in [5.41, 5.74) is 0.720. The molecule has 0 saturated carbocycles. The summed E-state index contributed by atoms with van der Waals surface area (Å²) in [6.45, 7) is 7.44. The summed E-state index contributed by atoms with van der Waals surface area (Å²) in [6.07, 6.45) is 2.54. The summed E-state index contributed by atoms with van der Waals surface area (Å²) in [5.74, 6) is 0.180. The largest absolute Gasteiger partial charge is 0.493 e. The summed E-state index contributed by atoms with van der Waals surface area (Å²) < 4.78 is 16.5. The van der Waals surface area contributed by atoms with Crippen molar-refractivity contribution in [2.45, 2.75) is 33.6 Å². The van der Waals surface area contributed by atoms with E-state index in [4.69, 9.17) is 26.4 Å². The molecule has 0 unspecified atom stereocenters.